The van der Waals surface area contributed by atoms with Gasteiger partial charge in [-0.3, -0.25) is 4.79 Å². The van der Waals surface area contributed by atoms with E-state index < -0.39 is 0 Å². The lowest BCUT2D eigenvalue weighted by molar-refractivity contribution is 0.0944. The van der Waals surface area contributed by atoms with Crippen molar-refractivity contribution in [3.63, 3.8) is 0 Å². The molecule has 0 unspecified atom stereocenters. The number of nitriles is 1. The number of benzene rings is 1. The van der Waals surface area contributed by atoms with Crippen molar-refractivity contribution in [3.8, 4) is 11.8 Å². The lowest BCUT2D eigenvalue weighted by Crippen LogP contribution is -2.32. The number of halogens is 1. The highest BCUT2D eigenvalue weighted by molar-refractivity contribution is 5.95. The molecule has 0 fully saturated rings. The first-order valence-corrected chi connectivity index (χ1v) is 6.83. The lowest BCUT2D eigenvalue weighted by Gasteiger charge is -2.12. The quantitative estimate of drug-likeness (QED) is 0.915. The first-order valence-electron chi connectivity index (χ1n) is 6.83. The standard InChI is InChI=1S/C16H17FN4O/c1-20(2)10-8-19-16(22)15-12(11-18)7-9-21(15)14-5-3-13(17)4-6-14/h3-7,9H,8,10H2,1-2H3,(H,19,22). The molecule has 114 valence electrons. The largest absolute Gasteiger partial charge is 0.349 e. The van der Waals surface area contributed by atoms with Gasteiger partial charge in [-0.05, 0) is 44.4 Å². The predicted molar refractivity (Wildman–Crippen MR) is 81.3 cm³/mol. The number of carbonyl (C=O) groups excluding carboxylic acids is 1. The number of rotatable bonds is 5. The van der Waals surface area contributed by atoms with E-state index in [1.165, 1.54) is 12.1 Å². The second kappa shape index (κ2) is 6.87. The maximum atomic E-state index is 13.0. The summed E-state index contributed by atoms with van der Waals surface area (Å²) in [5.74, 6) is -0.680. The summed E-state index contributed by atoms with van der Waals surface area (Å²) in [4.78, 5) is 14.3. The van der Waals surface area contributed by atoms with Crippen molar-refractivity contribution in [1.82, 2.24) is 14.8 Å². The van der Waals surface area contributed by atoms with Crippen LogP contribution in [0.4, 0.5) is 4.39 Å². The fraction of sp³-hybridized carbons (Fsp3) is 0.250. The van der Waals surface area contributed by atoms with Crippen LogP contribution in [-0.4, -0.2) is 42.6 Å². The maximum Gasteiger partial charge on any atom is 0.269 e. The third-order valence-corrected chi connectivity index (χ3v) is 3.17. The van der Waals surface area contributed by atoms with Crippen molar-refractivity contribution in [2.45, 2.75) is 0 Å². The summed E-state index contributed by atoms with van der Waals surface area (Å²) >= 11 is 0. The van der Waals surface area contributed by atoms with Crippen molar-refractivity contribution >= 4 is 5.91 Å². The van der Waals surface area contributed by atoms with E-state index in [0.29, 0.717) is 18.8 Å². The number of hydrogen-bond donors (Lipinski definition) is 1. The summed E-state index contributed by atoms with van der Waals surface area (Å²) in [6.45, 7) is 1.18. The van der Waals surface area contributed by atoms with Gasteiger partial charge >= 0.3 is 0 Å². The molecule has 1 N–H and O–H groups in total. The SMILES string of the molecule is CN(C)CCNC(=O)c1c(C#N)ccn1-c1ccc(F)cc1. The predicted octanol–water partition coefficient (Wildman–Crippen LogP) is 1.78. The van der Waals surface area contributed by atoms with E-state index in [1.807, 2.05) is 25.1 Å². The van der Waals surface area contributed by atoms with Crippen LogP contribution >= 0.6 is 0 Å². The molecule has 1 aromatic carbocycles. The lowest BCUT2D eigenvalue weighted by atomic mass is 10.2. The van der Waals surface area contributed by atoms with Gasteiger partial charge in [0.1, 0.15) is 17.6 Å². The Morgan fingerprint density at radius 3 is 2.59 bits per heavy atom. The molecule has 0 saturated carbocycles. The zero-order valence-corrected chi connectivity index (χ0v) is 12.5. The van der Waals surface area contributed by atoms with Crippen LogP contribution in [0, 0.1) is 17.1 Å². The topological polar surface area (TPSA) is 61.1 Å². The molecule has 1 aromatic heterocycles. The summed E-state index contributed by atoms with van der Waals surface area (Å²) in [6.07, 6.45) is 1.63. The van der Waals surface area contributed by atoms with Crippen LogP contribution in [0.2, 0.25) is 0 Å². The third kappa shape index (κ3) is 3.51. The van der Waals surface area contributed by atoms with Gasteiger partial charge in [0.2, 0.25) is 0 Å². The molecule has 0 atom stereocenters. The van der Waals surface area contributed by atoms with Gasteiger partial charge in [-0.15, -0.1) is 0 Å². The Kier molecular flexibility index (Phi) is 4.92. The molecule has 22 heavy (non-hydrogen) atoms. The zero-order chi connectivity index (χ0) is 16.1. The first kappa shape index (κ1) is 15.7. The van der Waals surface area contributed by atoms with Crippen LogP contribution < -0.4 is 5.32 Å². The Morgan fingerprint density at radius 2 is 2.00 bits per heavy atom. The monoisotopic (exact) mass is 300 g/mol. The molecule has 0 saturated heterocycles. The fourth-order valence-corrected chi connectivity index (χ4v) is 2.05. The number of aromatic nitrogens is 1. The summed E-state index contributed by atoms with van der Waals surface area (Å²) in [6, 6.07) is 9.34. The van der Waals surface area contributed by atoms with Crippen LogP contribution in [0.15, 0.2) is 36.5 Å². The molecule has 2 aromatic rings. The van der Waals surface area contributed by atoms with Crippen LogP contribution in [0.25, 0.3) is 5.69 Å². The Balaban J connectivity index is 2.29. The van der Waals surface area contributed by atoms with Gasteiger partial charge in [-0.2, -0.15) is 5.26 Å². The zero-order valence-electron chi connectivity index (χ0n) is 12.5. The minimum absolute atomic E-state index is 0.257. The van der Waals surface area contributed by atoms with E-state index in [-0.39, 0.29) is 23.0 Å². The molecule has 0 aliphatic rings. The van der Waals surface area contributed by atoms with Gasteiger partial charge in [0.15, 0.2) is 0 Å². The first-order chi connectivity index (χ1) is 10.5. The van der Waals surface area contributed by atoms with E-state index in [0.717, 1.165) is 0 Å². The summed E-state index contributed by atoms with van der Waals surface area (Å²) in [7, 11) is 3.82. The second-order valence-corrected chi connectivity index (χ2v) is 5.10. The summed E-state index contributed by atoms with van der Waals surface area (Å²) < 4.78 is 14.6. The molecule has 1 heterocycles. The Hall–Kier alpha value is -2.65. The van der Waals surface area contributed by atoms with Crippen molar-refractivity contribution in [2.75, 3.05) is 27.2 Å². The highest BCUT2D eigenvalue weighted by Crippen LogP contribution is 2.17. The maximum absolute atomic E-state index is 13.0. The molecule has 5 nitrogen and oxygen atoms in total. The number of nitrogens with one attached hydrogen (secondary N) is 1. The van der Waals surface area contributed by atoms with Crippen LogP contribution in [0.3, 0.4) is 0 Å². The number of amides is 1. The molecule has 0 bridgehead atoms. The average molecular weight is 300 g/mol. The van der Waals surface area contributed by atoms with E-state index in [2.05, 4.69) is 5.32 Å². The van der Waals surface area contributed by atoms with E-state index >= 15 is 0 Å². The molecule has 0 aliphatic heterocycles. The van der Waals surface area contributed by atoms with Gasteiger partial charge < -0.3 is 14.8 Å². The minimum atomic E-state index is -0.353. The third-order valence-electron chi connectivity index (χ3n) is 3.17. The highest BCUT2D eigenvalue weighted by Gasteiger charge is 2.18. The molecule has 2 rings (SSSR count). The van der Waals surface area contributed by atoms with Gasteiger partial charge in [-0.25, -0.2) is 4.39 Å². The molecular formula is C16H17FN4O. The molecule has 6 heteroatoms. The van der Waals surface area contributed by atoms with Gasteiger partial charge in [0.05, 0.1) is 5.56 Å². The Bertz CT molecular complexity index is 698. The van der Waals surface area contributed by atoms with Crippen molar-refractivity contribution in [2.24, 2.45) is 0 Å². The normalized spacial score (nSPS) is 10.5. The molecule has 1 amide bonds. The smallest absolute Gasteiger partial charge is 0.269 e. The van der Waals surface area contributed by atoms with E-state index in [1.54, 1.807) is 29.0 Å². The second-order valence-electron chi connectivity index (χ2n) is 5.10. The van der Waals surface area contributed by atoms with Crippen LogP contribution in [0.1, 0.15) is 16.1 Å². The van der Waals surface area contributed by atoms with Crippen LogP contribution in [-0.2, 0) is 0 Å². The van der Waals surface area contributed by atoms with E-state index in [9.17, 15) is 14.4 Å². The number of nitrogens with zero attached hydrogens (tertiary/aromatic N) is 3. The molecule has 0 radical (unpaired) electrons. The number of carbonyl (C=O) groups is 1. The van der Waals surface area contributed by atoms with Crippen molar-refractivity contribution in [1.29, 1.82) is 5.26 Å². The average Bonchev–Trinajstić information content (AvgIpc) is 2.91. The summed E-state index contributed by atoms with van der Waals surface area (Å²) in [5.41, 5.74) is 1.17. The Morgan fingerprint density at radius 1 is 1.32 bits per heavy atom. The van der Waals surface area contributed by atoms with Crippen molar-refractivity contribution < 1.29 is 9.18 Å². The van der Waals surface area contributed by atoms with Crippen molar-refractivity contribution in [3.05, 3.63) is 53.6 Å². The number of likely N-dealkylation sites (N-methyl/N-ethyl adjacent to an activating group) is 1. The molecule has 0 aliphatic carbocycles. The fourth-order valence-electron chi connectivity index (χ4n) is 2.05. The highest BCUT2D eigenvalue weighted by atomic mass is 19.1. The Labute approximate surface area is 128 Å². The van der Waals surface area contributed by atoms with Crippen LogP contribution in [0.5, 0.6) is 0 Å². The summed E-state index contributed by atoms with van der Waals surface area (Å²) in [5, 5.41) is 12.0. The van der Waals surface area contributed by atoms with Gasteiger partial charge in [0.25, 0.3) is 5.91 Å². The molecular weight excluding hydrogens is 283 g/mol. The number of hydrogen-bond acceptors (Lipinski definition) is 3. The van der Waals surface area contributed by atoms with Gasteiger partial charge in [-0.1, -0.05) is 0 Å². The van der Waals surface area contributed by atoms with Gasteiger partial charge in [0, 0.05) is 25.0 Å². The van der Waals surface area contributed by atoms with E-state index in [4.69, 9.17) is 0 Å². The minimum Gasteiger partial charge on any atom is -0.349 e. The molecule has 0 spiro atoms.